The molecule has 2 N–H and O–H groups in total. The van der Waals surface area contributed by atoms with Crippen LogP contribution >= 0.6 is 0 Å². The number of H-pyrrole nitrogens is 2. The highest BCUT2D eigenvalue weighted by Gasteiger charge is 2.16. The van der Waals surface area contributed by atoms with Gasteiger partial charge in [0.25, 0.3) is 0 Å². The molecular weight excluding hydrogens is 320 g/mol. The van der Waals surface area contributed by atoms with Crippen LogP contribution in [0.3, 0.4) is 0 Å². The summed E-state index contributed by atoms with van der Waals surface area (Å²) < 4.78 is 6.29. The van der Waals surface area contributed by atoms with Gasteiger partial charge in [-0.15, -0.1) is 0 Å². The number of para-hydroxylation sites is 2. The van der Waals surface area contributed by atoms with Crippen LogP contribution in [0.25, 0.3) is 43.6 Å². The van der Waals surface area contributed by atoms with Crippen molar-refractivity contribution in [1.82, 2.24) is 9.97 Å². The van der Waals surface area contributed by atoms with E-state index in [1.54, 1.807) is 0 Å². The monoisotopic (exact) mass is 342 g/mol. The first-order chi connectivity index (χ1) is 12.7. The van der Waals surface area contributed by atoms with Crippen LogP contribution < -0.4 is 4.74 Å². The number of aromatic nitrogens is 2. The summed E-state index contributed by atoms with van der Waals surface area (Å²) in [5.41, 5.74) is 4.57. The minimum absolute atomic E-state index is 0.630. The van der Waals surface area contributed by atoms with Crippen molar-refractivity contribution in [2.75, 3.05) is 6.61 Å². The quantitative estimate of drug-likeness (QED) is 0.391. The van der Waals surface area contributed by atoms with E-state index in [1.165, 1.54) is 21.5 Å². The minimum atomic E-state index is 0.630. The van der Waals surface area contributed by atoms with Crippen LogP contribution in [0.15, 0.2) is 54.6 Å². The average Bonchev–Trinajstić information content (AvgIpc) is 3.20. The molecule has 130 valence electrons. The fourth-order valence-electron chi connectivity index (χ4n) is 3.82. The second kappa shape index (κ2) is 5.80. The van der Waals surface area contributed by atoms with Gasteiger partial charge in [-0.3, -0.25) is 0 Å². The molecule has 3 heteroatoms. The molecule has 0 fully saturated rings. The van der Waals surface area contributed by atoms with E-state index < -0.39 is 0 Å². The van der Waals surface area contributed by atoms with Crippen molar-refractivity contribution in [3.8, 4) is 5.75 Å². The summed E-state index contributed by atoms with van der Waals surface area (Å²) in [6.45, 7) is 5.20. The normalized spacial score (nSPS) is 12.1. The van der Waals surface area contributed by atoms with E-state index in [1.807, 2.05) is 0 Å². The third kappa shape index (κ3) is 2.27. The molecule has 5 rings (SSSR count). The van der Waals surface area contributed by atoms with Crippen LogP contribution in [0.2, 0.25) is 0 Å². The topological polar surface area (TPSA) is 40.8 Å². The van der Waals surface area contributed by atoms with E-state index in [4.69, 9.17) is 4.74 Å². The molecule has 0 saturated heterocycles. The number of fused-ring (bicyclic) bond motifs is 7. The summed E-state index contributed by atoms with van der Waals surface area (Å²) in [5.74, 6) is 1.60. The Morgan fingerprint density at radius 1 is 0.808 bits per heavy atom. The number of rotatable bonds is 4. The Morgan fingerprint density at radius 3 is 2.23 bits per heavy atom. The standard InChI is InChI=1S/C23H22N2O/c1-14(2)11-12-26-20-13-17-15-7-3-5-9-18(15)24-22(17)23-21(20)16-8-4-6-10-19(16)25-23/h3-10,13-14,24-25H,11-12H2,1-2H3. The van der Waals surface area contributed by atoms with E-state index in [9.17, 15) is 0 Å². The number of aromatic amines is 2. The molecule has 0 bridgehead atoms. The maximum atomic E-state index is 6.29. The molecule has 2 aromatic heterocycles. The van der Waals surface area contributed by atoms with Gasteiger partial charge < -0.3 is 14.7 Å². The Hall–Kier alpha value is -2.94. The lowest BCUT2D eigenvalue weighted by molar-refractivity contribution is 0.293. The van der Waals surface area contributed by atoms with Crippen molar-refractivity contribution in [2.24, 2.45) is 5.92 Å². The average molecular weight is 342 g/mol. The van der Waals surface area contributed by atoms with Gasteiger partial charge in [0.2, 0.25) is 0 Å². The van der Waals surface area contributed by atoms with Gasteiger partial charge in [-0.25, -0.2) is 0 Å². The second-order valence-electron chi connectivity index (χ2n) is 7.42. The fraction of sp³-hybridized carbons (Fsp3) is 0.217. The molecule has 3 aromatic carbocycles. The zero-order valence-corrected chi connectivity index (χ0v) is 15.1. The highest BCUT2D eigenvalue weighted by molar-refractivity contribution is 6.23. The van der Waals surface area contributed by atoms with Gasteiger partial charge >= 0.3 is 0 Å². The van der Waals surface area contributed by atoms with E-state index >= 15 is 0 Å². The van der Waals surface area contributed by atoms with Gasteiger partial charge in [-0.2, -0.15) is 0 Å². The Balaban J connectivity index is 1.84. The number of hydrogen-bond donors (Lipinski definition) is 2. The highest BCUT2D eigenvalue weighted by Crippen LogP contribution is 2.40. The maximum Gasteiger partial charge on any atom is 0.130 e. The molecule has 0 aliphatic rings. The van der Waals surface area contributed by atoms with E-state index in [0.717, 1.165) is 40.8 Å². The van der Waals surface area contributed by atoms with E-state index in [-0.39, 0.29) is 0 Å². The Labute approximate surface area is 152 Å². The first-order valence-corrected chi connectivity index (χ1v) is 9.29. The van der Waals surface area contributed by atoms with Crippen LogP contribution in [0.5, 0.6) is 5.75 Å². The van der Waals surface area contributed by atoms with Gasteiger partial charge in [-0.1, -0.05) is 50.2 Å². The number of nitrogens with one attached hydrogen (secondary N) is 2. The van der Waals surface area contributed by atoms with Crippen molar-refractivity contribution in [3.05, 3.63) is 54.6 Å². The Morgan fingerprint density at radius 2 is 1.46 bits per heavy atom. The van der Waals surface area contributed by atoms with Crippen molar-refractivity contribution in [2.45, 2.75) is 20.3 Å². The summed E-state index contributed by atoms with van der Waals surface area (Å²) in [6, 6.07) is 19.1. The molecule has 2 heterocycles. The molecule has 0 spiro atoms. The molecule has 0 saturated carbocycles. The van der Waals surface area contributed by atoms with Crippen molar-refractivity contribution in [3.63, 3.8) is 0 Å². The van der Waals surface area contributed by atoms with Gasteiger partial charge in [0.1, 0.15) is 5.75 Å². The number of ether oxygens (including phenoxy) is 1. The molecular formula is C23H22N2O. The molecule has 0 radical (unpaired) electrons. The van der Waals surface area contributed by atoms with Gasteiger partial charge in [0.05, 0.1) is 23.0 Å². The molecule has 0 unspecified atom stereocenters. The third-order valence-electron chi connectivity index (χ3n) is 5.18. The van der Waals surface area contributed by atoms with Crippen LogP contribution in [0, 0.1) is 5.92 Å². The van der Waals surface area contributed by atoms with Crippen molar-refractivity contribution < 1.29 is 4.74 Å². The Kier molecular flexibility index (Phi) is 3.42. The molecule has 5 aromatic rings. The van der Waals surface area contributed by atoms with Gasteiger partial charge in [-0.05, 0) is 30.5 Å². The molecule has 0 atom stereocenters. The zero-order valence-electron chi connectivity index (χ0n) is 15.1. The van der Waals surface area contributed by atoms with E-state index in [0.29, 0.717) is 5.92 Å². The van der Waals surface area contributed by atoms with Gasteiger partial charge in [0, 0.05) is 27.2 Å². The smallest absolute Gasteiger partial charge is 0.130 e. The van der Waals surface area contributed by atoms with Crippen molar-refractivity contribution >= 4 is 43.6 Å². The van der Waals surface area contributed by atoms with Crippen LogP contribution in [-0.4, -0.2) is 16.6 Å². The summed E-state index contributed by atoms with van der Waals surface area (Å²) in [5, 5.41) is 4.82. The fourth-order valence-corrected chi connectivity index (χ4v) is 3.82. The predicted octanol–water partition coefficient (Wildman–Crippen LogP) is 6.38. The first-order valence-electron chi connectivity index (χ1n) is 9.29. The van der Waals surface area contributed by atoms with E-state index in [2.05, 4.69) is 78.4 Å². The lowest BCUT2D eigenvalue weighted by atomic mass is 10.1. The third-order valence-corrected chi connectivity index (χ3v) is 5.18. The summed E-state index contributed by atoms with van der Waals surface area (Å²) in [4.78, 5) is 7.21. The molecule has 0 aliphatic heterocycles. The summed E-state index contributed by atoms with van der Waals surface area (Å²) in [6.07, 6.45) is 1.05. The summed E-state index contributed by atoms with van der Waals surface area (Å²) in [7, 11) is 0. The van der Waals surface area contributed by atoms with Crippen LogP contribution in [0.1, 0.15) is 20.3 Å². The molecule has 0 aliphatic carbocycles. The van der Waals surface area contributed by atoms with Crippen LogP contribution in [-0.2, 0) is 0 Å². The molecule has 26 heavy (non-hydrogen) atoms. The van der Waals surface area contributed by atoms with Crippen molar-refractivity contribution in [1.29, 1.82) is 0 Å². The first kappa shape index (κ1) is 15.3. The zero-order chi connectivity index (χ0) is 17.7. The lowest BCUT2D eigenvalue weighted by Gasteiger charge is -2.10. The molecule has 0 amide bonds. The highest BCUT2D eigenvalue weighted by atomic mass is 16.5. The number of hydrogen-bond acceptors (Lipinski definition) is 1. The maximum absolute atomic E-state index is 6.29. The van der Waals surface area contributed by atoms with Gasteiger partial charge in [0.15, 0.2) is 0 Å². The largest absolute Gasteiger partial charge is 0.493 e. The number of benzene rings is 3. The summed E-state index contributed by atoms with van der Waals surface area (Å²) >= 11 is 0. The van der Waals surface area contributed by atoms with Crippen LogP contribution in [0.4, 0.5) is 0 Å². The molecule has 3 nitrogen and oxygen atoms in total. The second-order valence-corrected chi connectivity index (χ2v) is 7.42. The lowest BCUT2D eigenvalue weighted by Crippen LogP contribution is -2.01. The SMILES string of the molecule is CC(C)CCOc1cc2c3ccccc3[nH]c2c2[nH]c3ccccc3c12. The predicted molar refractivity (Wildman–Crippen MR) is 110 cm³/mol. The minimum Gasteiger partial charge on any atom is -0.493 e. The Bertz CT molecular complexity index is 1240.